The predicted molar refractivity (Wildman–Crippen MR) is 77.2 cm³/mol. The summed E-state index contributed by atoms with van der Waals surface area (Å²) >= 11 is 3.22. The molecule has 1 heterocycles. The minimum Gasteiger partial charge on any atom is -0.354 e. The number of nitrogens with two attached hydrogens (primary N) is 1. The van der Waals surface area contributed by atoms with Crippen molar-refractivity contribution in [3.8, 4) is 0 Å². The van der Waals surface area contributed by atoms with Crippen molar-refractivity contribution in [1.82, 2.24) is 4.98 Å². The van der Waals surface area contributed by atoms with E-state index < -0.39 is 0 Å². The summed E-state index contributed by atoms with van der Waals surface area (Å²) in [7, 11) is 0. The molecule has 2 N–H and O–H groups in total. The van der Waals surface area contributed by atoms with Crippen LogP contribution in [-0.2, 0) is 0 Å². The number of aromatic nitrogens is 1. The lowest BCUT2D eigenvalue weighted by molar-refractivity contribution is 0.374. The number of pyridine rings is 1. The van der Waals surface area contributed by atoms with Gasteiger partial charge in [-0.1, -0.05) is 20.8 Å². The monoisotopic (exact) mass is 317 g/mol. The first-order chi connectivity index (χ1) is 8.39. The van der Waals surface area contributed by atoms with Gasteiger partial charge in [0.2, 0.25) is 0 Å². The fourth-order valence-electron chi connectivity index (χ4n) is 1.75. The standard InChI is InChI=1S/C13H21BrFN3/c1-4-5-18(9-13(2,3)8-16)12-11(15)6-10(14)7-17-12/h6-7H,4-5,8-9,16H2,1-3H3. The number of anilines is 1. The minimum absolute atomic E-state index is 0.0592. The first-order valence-corrected chi connectivity index (χ1v) is 6.95. The number of hydrogen-bond donors (Lipinski definition) is 1. The first kappa shape index (κ1) is 15.4. The van der Waals surface area contributed by atoms with Crippen molar-refractivity contribution >= 4 is 21.7 Å². The second-order valence-electron chi connectivity index (χ2n) is 5.25. The summed E-state index contributed by atoms with van der Waals surface area (Å²) in [6, 6.07) is 1.44. The van der Waals surface area contributed by atoms with Gasteiger partial charge in [0.15, 0.2) is 11.6 Å². The molecule has 0 radical (unpaired) electrons. The van der Waals surface area contributed by atoms with Crippen LogP contribution in [0.25, 0.3) is 0 Å². The first-order valence-electron chi connectivity index (χ1n) is 6.15. The molecule has 0 atom stereocenters. The van der Waals surface area contributed by atoms with Crippen molar-refractivity contribution in [2.75, 3.05) is 24.5 Å². The van der Waals surface area contributed by atoms with Gasteiger partial charge in [0, 0.05) is 23.8 Å². The maximum absolute atomic E-state index is 13.9. The minimum atomic E-state index is -0.300. The molecule has 5 heteroatoms. The predicted octanol–water partition coefficient (Wildman–Crippen LogP) is 3.18. The molecule has 1 aromatic rings. The Kier molecular flexibility index (Phi) is 5.53. The van der Waals surface area contributed by atoms with Gasteiger partial charge in [-0.3, -0.25) is 0 Å². The Morgan fingerprint density at radius 2 is 2.17 bits per heavy atom. The van der Waals surface area contributed by atoms with Crippen LogP contribution in [0.3, 0.4) is 0 Å². The van der Waals surface area contributed by atoms with Crippen molar-refractivity contribution in [1.29, 1.82) is 0 Å². The third-order valence-corrected chi connectivity index (χ3v) is 3.19. The van der Waals surface area contributed by atoms with E-state index in [1.165, 1.54) is 6.07 Å². The number of halogens is 2. The molecule has 0 saturated heterocycles. The zero-order valence-electron chi connectivity index (χ0n) is 11.2. The van der Waals surface area contributed by atoms with E-state index in [1.807, 2.05) is 4.90 Å². The van der Waals surface area contributed by atoms with E-state index in [1.54, 1.807) is 6.20 Å². The third-order valence-electron chi connectivity index (χ3n) is 2.75. The van der Waals surface area contributed by atoms with Gasteiger partial charge in [-0.2, -0.15) is 0 Å². The molecule has 0 aliphatic rings. The van der Waals surface area contributed by atoms with Gasteiger partial charge < -0.3 is 10.6 Å². The van der Waals surface area contributed by atoms with Crippen LogP contribution in [0.15, 0.2) is 16.7 Å². The quantitative estimate of drug-likeness (QED) is 0.876. The van der Waals surface area contributed by atoms with Crippen molar-refractivity contribution < 1.29 is 4.39 Å². The molecule has 0 bridgehead atoms. The molecule has 18 heavy (non-hydrogen) atoms. The van der Waals surface area contributed by atoms with Crippen LogP contribution in [0.2, 0.25) is 0 Å². The molecular weight excluding hydrogens is 297 g/mol. The SMILES string of the molecule is CCCN(CC(C)(C)CN)c1ncc(Br)cc1F. The van der Waals surface area contributed by atoms with Gasteiger partial charge in [0.1, 0.15) is 0 Å². The topological polar surface area (TPSA) is 42.1 Å². The Morgan fingerprint density at radius 3 is 2.67 bits per heavy atom. The summed E-state index contributed by atoms with van der Waals surface area (Å²) in [4.78, 5) is 6.15. The molecule has 0 aliphatic carbocycles. The number of nitrogens with zero attached hydrogens (tertiary/aromatic N) is 2. The Bertz CT molecular complexity index is 396. The highest BCUT2D eigenvalue weighted by Gasteiger charge is 2.22. The second-order valence-corrected chi connectivity index (χ2v) is 6.16. The van der Waals surface area contributed by atoms with Gasteiger partial charge in [-0.25, -0.2) is 9.37 Å². The van der Waals surface area contributed by atoms with E-state index in [9.17, 15) is 4.39 Å². The molecule has 0 aromatic carbocycles. The molecule has 0 amide bonds. The fraction of sp³-hybridized carbons (Fsp3) is 0.615. The Hall–Kier alpha value is -0.680. The summed E-state index contributed by atoms with van der Waals surface area (Å²) in [5.41, 5.74) is 5.68. The molecular formula is C13H21BrFN3. The molecule has 0 aliphatic heterocycles. The lowest BCUT2D eigenvalue weighted by Crippen LogP contribution is -2.40. The Morgan fingerprint density at radius 1 is 1.50 bits per heavy atom. The average Bonchev–Trinajstić information content (AvgIpc) is 2.28. The Labute approximate surface area is 117 Å². The van der Waals surface area contributed by atoms with Crippen LogP contribution < -0.4 is 10.6 Å². The highest BCUT2D eigenvalue weighted by Crippen LogP contribution is 2.24. The van der Waals surface area contributed by atoms with E-state index in [2.05, 4.69) is 41.7 Å². The van der Waals surface area contributed by atoms with Crippen molar-refractivity contribution in [3.63, 3.8) is 0 Å². The van der Waals surface area contributed by atoms with Crippen LogP contribution in [-0.4, -0.2) is 24.6 Å². The maximum Gasteiger partial charge on any atom is 0.166 e. The lowest BCUT2D eigenvalue weighted by atomic mass is 9.93. The molecule has 0 unspecified atom stereocenters. The zero-order valence-corrected chi connectivity index (χ0v) is 12.8. The van der Waals surface area contributed by atoms with E-state index >= 15 is 0 Å². The van der Waals surface area contributed by atoms with Crippen molar-refractivity contribution in [3.05, 3.63) is 22.6 Å². The van der Waals surface area contributed by atoms with Crippen molar-refractivity contribution in [2.45, 2.75) is 27.2 Å². The lowest BCUT2D eigenvalue weighted by Gasteiger charge is -2.32. The number of hydrogen-bond acceptors (Lipinski definition) is 3. The normalized spacial score (nSPS) is 11.7. The van der Waals surface area contributed by atoms with Gasteiger partial charge in [0.05, 0.1) is 0 Å². The summed E-state index contributed by atoms with van der Waals surface area (Å²) in [6.07, 6.45) is 2.56. The van der Waals surface area contributed by atoms with Crippen molar-refractivity contribution in [2.24, 2.45) is 11.1 Å². The third kappa shape index (κ3) is 4.21. The molecule has 0 saturated carbocycles. The maximum atomic E-state index is 13.9. The molecule has 102 valence electrons. The molecule has 1 aromatic heterocycles. The smallest absolute Gasteiger partial charge is 0.166 e. The zero-order chi connectivity index (χ0) is 13.8. The highest BCUT2D eigenvalue weighted by atomic mass is 79.9. The van der Waals surface area contributed by atoms with E-state index in [0.717, 1.165) is 13.0 Å². The van der Waals surface area contributed by atoms with Gasteiger partial charge >= 0.3 is 0 Å². The molecule has 0 fully saturated rings. The van der Waals surface area contributed by atoms with Crippen LogP contribution in [0.4, 0.5) is 10.2 Å². The number of rotatable bonds is 6. The largest absolute Gasteiger partial charge is 0.354 e. The second kappa shape index (κ2) is 6.48. The fourth-order valence-corrected chi connectivity index (χ4v) is 2.05. The van der Waals surface area contributed by atoms with E-state index in [-0.39, 0.29) is 11.2 Å². The van der Waals surface area contributed by atoms with Gasteiger partial charge in [-0.05, 0) is 40.4 Å². The van der Waals surface area contributed by atoms with E-state index in [0.29, 0.717) is 23.4 Å². The summed E-state index contributed by atoms with van der Waals surface area (Å²) < 4.78 is 14.6. The Balaban J connectivity index is 2.97. The van der Waals surface area contributed by atoms with Crippen LogP contribution in [0.5, 0.6) is 0 Å². The molecule has 3 nitrogen and oxygen atoms in total. The summed E-state index contributed by atoms with van der Waals surface area (Å²) in [5, 5.41) is 0. The average molecular weight is 318 g/mol. The summed E-state index contributed by atoms with van der Waals surface area (Å²) in [5.74, 6) is 0.104. The van der Waals surface area contributed by atoms with Gasteiger partial charge in [0.25, 0.3) is 0 Å². The molecule has 0 spiro atoms. The van der Waals surface area contributed by atoms with E-state index in [4.69, 9.17) is 5.73 Å². The van der Waals surface area contributed by atoms with Crippen LogP contribution in [0, 0.1) is 11.2 Å². The van der Waals surface area contributed by atoms with Gasteiger partial charge in [-0.15, -0.1) is 0 Å². The summed E-state index contributed by atoms with van der Waals surface area (Å²) in [6.45, 7) is 8.25. The van der Waals surface area contributed by atoms with Crippen LogP contribution in [0.1, 0.15) is 27.2 Å². The van der Waals surface area contributed by atoms with Crippen LogP contribution >= 0.6 is 15.9 Å². The molecule has 1 rings (SSSR count). The highest BCUT2D eigenvalue weighted by molar-refractivity contribution is 9.10.